The molecule has 22 heavy (non-hydrogen) atoms. The van der Waals surface area contributed by atoms with Gasteiger partial charge in [0.2, 0.25) is 0 Å². The minimum atomic E-state index is -0.337. The molecule has 1 fully saturated rings. The van der Waals surface area contributed by atoms with E-state index in [9.17, 15) is 4.79 Å². The molecule has 1 aromatic carbocycles. The molecular weight excluding hydrogens is 306 g/mol. The molecule has 116 valence electrons. The number of benzene rings is 1. The zero-order valence-electron chi connectivity index (χ0n) is 12.2. The molecule has 0 bridgehead atoms. The fourth-order valence-electron chi connectivity index (χ4n) is 2.36. The van der Waals surface area contributed by atoms with E-state index in [4.69, 9.17) is 21.1 Å². The average Bonchev–Trinajstić information content (AvgIpc) is 2.58. The summed E-state index contributed by atoms with van der Waals surface area (Å²) in [5.74, 6) is 0.716. The van der Waals surface area contributed by atoms with Crippen LogP contribution >= 0.6 is 11.6 Å². The molecule has 0 N–H and O–H groups in total. The predicted octanol–water partition coefficient (Wildman–Crippen LogP) is 1.73. The van der Waals surface area contributed by atoms with E-state index in [-0.39, 0.29) is 10.6 Å². The number of hydrogen-bond donors (Lipinski definition) is 0. The highest BCUT2D eigenvalue weighted by Gasteiger charge is 2.18. The van der Waals surface area contributed by atoms with Gasteiger partial charge in [-0.2, -0.15) is 9.78 Å². The minimum absolute atomic E-state index is 0.174. The molecule has 0 atom stereocenters. The monoisotopic (exact) mass is 321 g/mol. The summed E-state index contributed by atoms with van der Waals surface area (Å²) >= 11 is 6.26. The van der Waals surface area contributed by atoms with Crippen molar-refractivity contribution >= 4 is 17.3 Å². The van der Waals surface area contributed by atoms with Crippen molar-refractivity contribution in [1.82, 2.24) is 9.78 Å². The van der Waals surface area contributed by atoms with Crippen molar-refractivity contribution in [3.63, 3.8) is 0 Å². The van der Waals surface area contributed by atoms with E-state index >= 15 is 0 Å². The van der Waals surface area contributed by atoms with Crippen LogP contribution in [0.2, 0.25) is 5.02 Å². The maximum atomic E-state index is 12.5. The maximum Gasteiger partial charge on any atom is 0.292 e. The molecule has 1 saturated heterocycles. The molecule has 3 rings (SSSR count). The van der Waals surface area contributed by atoms with Gasteiger partial charge in [0.05, 0.1) is 37.9 Å². The Morgan fingerprint density at radius 3 is 2.55 bits per heavy atom. The Bertz CT molecular complexity index is 709. The van der Waals surface area contributed by atoms with Crippen LogP contribution in [-0.2, 0) is 4.74 Å². The summed E-state index contributed by atoms with van der Waals surface area (Å²) < 4.78 is 11.7. The van der Waals surface area contributed by atoms with Crippen LogP contribution < -0.4 is 15.2 Å². The maximum absolute atomic E-state index is 12.5. The molecule has 6 nitrogen and oxygen atoms in total. The van der Waals surface area contributed by atoms with Gasteiger partial charge in [-0.25, -0.2) is 0 Å². The van der Waals surface area contributed by atoms with Crippen molar-refractivity contribution in [3.05, 3.63) is 45.8 Å². The highest BCUT2D eigenvalue weighted by atomic mass is 35.5. The van der Waals surface area contributed by atoms with Crippen LogP contribution in [0.25, 0.3) is 5.69 Å². The van der Waals surface area contributed by atoms with Crippen molar-refractivity contribution in [2.45, 2.75) is 0 Å². The first-order valence-corrected chi connectivity index (χ1v) is 7.33. The van der Waals surface area contributed by atoms with Crippen LogP contribution in [0.15, 0.2) is 35.3 Å². The van der Waals surface area contributed by atoms with Crippen LogP contribution in [0.1, 0.15) is 0 Å². The Labute approximate surface area is 132 Å². The smallest absolute Gasteiger partial charge is 0.292 e. The van der Waals surface area contributed by atoms with E-state index < -0.39 is 0 Å². The summed E-state index contributed by atoms with van der Waals surface area (Å²) in [6.45, 7) is 2.65. The predicted molar refractivity (Wildman–Crippen MR) is 84.4 cm³/mol. The van der Waals surface area contributed by atoms with E-state index in [1.807, 2.05) is 4.90 Å². The lowest BCUT2D eigenvalue weighted by atomic mass is 10.3. The zero-order chi connectivity index (χ0) is 15.5. The van der Waals surface area contributed by atoms with Crippen molar-refractivity contribution < 1.29 is 9.47 Å². The van der Waals surface area contributed by atoms with E-state index in [2.05, 4.69) is 5.10 Å². The molecule has 0 unspecified atom stereocenters. The third-order valence-corrected chi connectivity index (χ3v) is 3.92. The number of halogens is 1. The fraction of sp³-hybridized carbons (Fsp3) is 0.333. The Morgan fingerprint density at radius 1 is 1.23 bits per heavy atom. The second-order valence-corrected chi connectivity index (χ2v) is 5.24. The van der Waals surface area contributed by atoms with Crippen LogP contribution in [0.3, 0.4) is 0 Å². The van der Waals surface area contributed by atoms with Gasteiger partial charge in [0, 0.05) is 13.1 Å². The highest BCUT2D eigenvalue weighted by molar-refractivity contribution is 6.33. The first kappa shape index (κ1) is 14.9. The van der Waals surface area contributed by atoms with E-state index in [1.54, 1.807) is 37.6 Å². The summed E-state index contributed by atoms with van der Waals surface area (Å²) in [6, 6.07) is 7.07. The normalized spacial score (nSPS) is 14.9. The molecule has 2 aromatic rings. The Balaban J connectivity index is 1.96. The van der Waals surface area contributed by atoms with Gasteiger partial charge >= 0.3 is 0 Å². The lowest BCUT2D eigenvalue weighted by Crippen LogP contribution is -2.38. The van der Waals surface area contributed by atoms with Crippen molar-refractivity contribution in [2.24, 2.45) is 0 Å². The first-order valence-electron chi connectivity index (χ1n) is 6.95. The van der Waals surface area contributed by atoms with E-state index in [0.717, 1.165) is 0 Å². The molecule has 1 aliphatic heterocycles. The molecule has 0 saturated carbocycles. The largest absolute Gasteiger partial charge is 0.497 e. The number of nitrogens with zero attached hydrogens (tertiary/aromatic N) is 3. The molecule has 0 amide bonds. The Kier molecular flexibility index (Phi) is 4.31. The van der Waals surface area contributed by atoms with Crippen LogP contribution in [0.4, 0.5) is 5.69 Å². The standard InChI is InChI=1S/C15H16ClN3O3/c1-21-12-4-2-11(3-5-12)19-15(20)14(16)13(10-17-19)18-6-8-22-9-7-18/h2-5,10H,6-9H2,1H3. The molecule has 0 aliphatic carbocycles. The highest BCUT2D eigenvalue weighted by Crippen LogP contribution is 2.22. The van der Waals surface area contributed by atoms with Crippen molar-refractivity contribution in [1.29, 1.82) is 0 Å². The van der Waals surface area contributed by atoms with E-state index in [1.165, 1.54) is 4.68 Å². The number of rotatable bonds is 3. The van der Waals surface area contributed by atoms with Gasteiger partial charge in [-0.05, 0) is 24.3 Å². The summed E-state index contributed by atoms with van der Waals surface area (Å²) in [7, 11) is 1.59. The van der Waals surface area contributed by atoms with E-state index in [0.29, 0.717) is 43.4 Å². The van der Waals surface area contributed by atoms with Crippen LogP contribution in [0, 0.1) is 0 Å². The Hall–Kier alpha value is -2.05. The topological polar surface area (TPSA) is 56.6 Å². The third kappa shape index (κ3) is 2.80. The van der Waals surface area contributed by atoms with Gasteiger partial charge < -0.3 is 14.4 Å². The number of ether oxygens (including phenoxy) is 2. The molecular formula is C15H16ClN3O3. The van der Waals surface area contributed by atoms with Crippen LogP contribution in [0.5, 0.6) is 5.75 Å². The SMILES string of the molecule is COc1ccc(-n2ncc(N3CCOCC3)c(Cl)c2=O)cc1. The van der Waals surface area contributed by atoms with Crippen LogP contribution in [-0.4, -0.2) is 43.2 Å². The lowest BCUT2D eigenvalue weighted by molar-refractivity contribution is 0.122. The second-order valence-electron chi connectivity index (χ2n) is 4.86. The zero-order valence-corrected chi connectivity index (χ0v) is 12.9. The average molecular weight is 322 g/mol. The summed E-state index contributed by atoms with van der Waals surface area (Å²) in [5.41, 5.74) is 0.955. The quantitative estimate of drug-likeness (QED) is 0.861. The molecule has 0 spiro atoms. The minimum Gasteiger partial charge on any atom is -0.497 e. The molecule has 1 aromatic heterocycles. The number of anilines is 1. The van der Waals surface area contributed by atoms with Gasteiger partial charge in [0.15, 0.2) is 0 Å². The lowest BCUT2D eigenvalue weighted by Gasteiger charge is -2.29. The number of hydrogen-bond acceptors (Lipinski definition) is 5. The van der Waals surface area contributed by atoms with Gasteiger partial charge in [0.25, 0.3) is 5.56 Å². The van der Waals surface area contributed by atoms with Crippen molar-refractivity contribution in [3.8, 4) is 11.4 Å². The number of methoxy groups -OCH3 is 1. The number of morpholine rings is 1. The molecule has 7 heteroatoms. The van der Waals surface area contributed by atoms with Gasteiger partial charge in [-0.3, -0.25) is 4.79 Å². The van der Waals surface area contributed by atoms with Gasteiger partial charge in [-0.1, -0.05) is 11.6 Å². The third-order valence-electron chi connectivity index (χ3n) is 3.57. The van der Waals surface area contributed by atoms with Gasteiger partial charge in [-0.15, -0.1) is 0 Å². The summed E-state index contributed by atoms with van der Waals surface area (Å²) in [5, 5.41) is 4.41. The Morgan fingerprint density at radius 2 is 1.91 bits per heavy atom. The molecule has 0 radical (unpaired) electrons. The fourth-order valence-corrected chi connectivity index (χ4v) is 2.60. The van der Waals surface area contributed by atoms with Gasteiger partial charge in [0.1, 0.15) is 10.8 Å². The number of aromatic nitrogens is 2. The summed E-state index contributed by atoms with van der Waals surface area (Å²) in [6.07, 6.45) is 1.62. The van der Waals surface area contributed by atoms with Crippen molar-refractivity contribution in [2.75, 3.05) is 38.3 Å². The molecule has 1 aliphatic rings. The second kappa shape index (κ2) is 6.37. The first-order chi connectivity index (χ1) is 10.7. The summed E-state index contributed by atoms with van der Waals surface area (Å²) in [4.78, 5) is 14.5. The molecule has 2 heterocycles.